The maximum atomic E-state index is 13.8. The fourth-order valence-electron chi connectivity index (χ4n) is 6.25. The molecule has 2 bridgehead atoms. The van der Waals surface area contributed by atoms with Gasteiger partial charge in [0.05, 0.1) is 28.9 Å². The summed E-state index contributed by atoms with van der Waals surface area (Å²) in [7, 11) is 0. The molecule has 4 aliphatic rings. The molecule has 0 aromatic heterocycles. The summed E-state index contributed by atoms with van der Waals surface area (Å²) in [5.74, 6) is -4.34. The molecule has 2 unspecified atom stereocenters. The number of carbonyl (C=O) groups is 3. The maximum Gasteiger partial charge on any atom is 0.239 e. The first-order valence-electron chi connectivity index (χ1n) is 10.9. The number of hydrogen-bond acceptors (Lipinski definition) is 4. The van der Waals surface area contributed by atoms with Gasteiger partial charge in [0.2, 0.25) is 11.8 Å². The van der Waals surface area contributed by atoms with Gasteiger partial charge in [-0.05, 0) is 46.4 Å². The van der Waals surface area contributed by atoms with Crippen LogP contribution in [-0.2, 0) is 26.2 Å². The lowest BCUT2D eigenvalue weighted by Gasteiger charge is -2.54. The highest BCUT2D eigenvalue weighted by atomic mass is 16.4. The quantitative estimate of drug-likeness (QED) is 0.608. The number of aliphatic carboxylic acids is 1. The van der Waals surface area contributed by atoms with Gasteiger partial charge in [0.1, 0.15) is 0 Å². The zero-order valence-corrected chi connectivity index (χ0v) is 17.4. The van der Waals surface area contributed by atoms with Gasteiger partial charge in [-0.15, -0.1) is 0 Å². The molecule has 0 saturated carbocycles. The molecule has 5 heteroatoms. The Balaban J connectivity index is 1.63. The predicted molar refractivity (Wildman–Crippen MR) is 116 cm³/mol. The van der Waals surface area contributed by atoms with E-state index in [-0.39, 0.29) is 11.8 Å². The number of benzene rings is 3. The van der Waals surface area contributed by atoms with Gasteiger partial charge < -0.3 is 9.90 Å². The Morgan fingerprint density at radius 2 is 1.44 bits per heavy atom. The summed E-state index contributed by atoms with van der Waals surface area (Å²) in [6, 6.07) is 21.9. The average Bonchev–Trinajstić information content (AvgIpc) is 3.09. The second-order valence-electron chi connectivity index (χ2n) is 8.78. The highest BCUT2D eigenvalue weighted by Gasteiger charge is 2.68. The Bertz CT molecular complexity index is 1260. The van der Waals surface area contributed by atoms with Crippen molar-refractivity contribution in [3.63, 3.8) is 0 Å². The van der Waals surface area contributed by atoms with Gasteiger partial charge in [0.25, 0.3) is 0 Å². The number of amides is 2. The smallest absolute Gasteiger partial charge is 0.239 e. The molecular weight excluding hydrogens is 402 g/mol. The summed E-state index contributed by atoms with van der Waals surface area (Å²) >= 11 is 0. The summed E-state index contributed by atoms with van der Waals surface area (Å²) in [5.41, 5.74) is 2.59. The van der Waals surface area contributed by atoms with Gasteiger partial charge in [0, 0.05) is 5.92 Å². The maximum absolute atomic E-state index is 13.8. The number of rotatable bonds is 3. The molecule has 0 N–H and O–H groups in total. The molecule has 2 amide bonds. The minimum atomic E-state index is -1.70. The molecule has 3 aromatic rings. The van der Waals surface area contributed by atoms with Crippen molar-refractivity contribution in [2.75, 3.05) is 4.90 Å². The fraction of sp³-hybridized carbons (Fsp3) is 0.222. The van der Waals surface area contributed by atoms with Crippen molar-refractivity contribution in [1.82, 2.24) is 0 Å². The fourth-order valence-corrected chi connectivity index (χ4v) is 6.25. The zero-order chi connectivity index (χ0) is 22.2. The molecule has 1 aliphatic heterocycles. The largest absolute Gasteiger partial charge is 0.549 e. The van der Waals surface area contributed by atoms with Crippen molar-refractivity contribution in [2.24, 2.45) is 11.8 Å². The van der Waals surface area contributed by atoms with E-state index >= 15 is 0 Å². The van der Waals surface area contributed by atoms with Crippen LogP contribution in [0.4, 0.5) is 5.69 Å². The van der Waals surface area contributed by atoms with E-state index in [2.05, 4.69) is 0 Å². The third-order valence-corrected chi connectivity index (χ3v) is 7.54. The molecule has 1 heterocycles. The summed E-state index contributed by atoms with van der Waals surface area (Å²) in [6.45, 7) is 2.03. The number of nitrogens with zero attached hydrogens (tertiary/aromatic N) is 1. The second-order valence-corrected chi connectivity index (χ2v) is 8.78. The molecular formula is C27H20NO4-. The third-order valence-electron chi connectivity index (χ3n) is 7.54. The zero-order valence-electron chi connectivity index (χ0n) is 17.4. The van der Waals surface area contributed by atoms with Gasteiger partial charge >= 0.3 is 0 Å². The molecule has 32 heavy (non-hydrogen) atoms. The molecule has 3 aromatic carbocycles. The van der Waals surface area contributed by atoms with Gasteiger partial charge in [-0.1, -0.05) is 67.6 Å². The summed E-state index contributed by atoms with van der Waals surface area (Å²) in [5, 5.41) is 13.0. The van der Waals surface area contributed by atoms with Crippen LogP contribution in [0.1, 0.15) is 40.7 Å². The van der Waals surface area contributed by atoms with Gasteiger partial charge in [-0.25, -0.2) is 4.90 Å². The van der Waals surface area contributed by atoms with E-state index in [1.165, 1.54) is 4.90 Å². The minimum Gasteiger partial charge on any atom is -0.549 e. The standard InChI is InChI=1S/C27H21NO4/c1-2-15-11-13-16(14-12-15)28-24(29)22-21-17-7-3-5-9-19(17)27(26(31)32,23(22)25(28)30)20-10-6-4-8-18(20)21/h3-14,21-23H,2H2,1H3,(H,31,32)/p-1. The van der Waals surface area contributed by atoms with E-state index < -0.39 is 29.1 Å². The van der Waals surface area contributed by atoms with Gasteiger partial charge in [-0.3, -0.25) is 9.59 Å². The highest BCUT2D eigenvalue weighted by Crippen LogP contribution is 2.64. The molecule has 2 atom stereocenters. The summed E-state index contributed by atoms with van der Waals surface area (Å²) in [6.07, 6.45) is 0.841. The lowest BCUT2D eigenvalue weighted by Crippen LogP contribution is -2.61. The van der Waals surface area contributed by atoms with Gasteiger partial charge in [0.15, 0.2) is 0 Å². The number of aryl methyl sites for hydroxylation is 1. The first-order valence-corrected chi connectivity index (χ1v) is 10.9. The van der Waals surface area contributed by atoms with Crippen molar-refractivity contribution in [3.8, 4) is 0 Å². The third kappa shape index (κ3) is 2.06. The van der Waals surface area contributed by atoms with Crippen molar-refractivity contribution >= 4 is 23.5 Å². The lowest BCUT2D eigenvalue weighted by atomic mass is 9.47. The number of anilines is 1. The number of carbonyl (C=O) groups excluding carboxylic acids is 3. The number of hydrogen-bond donors (Lipinski definition) is 0. The summed E-state index contributed by atoms with van der Waals surface area (Å²) in [4.78, 5) is 41.8. The molecule has 1 fully saturated rings. The molecule has 0 spiro atoms. The molecule has 158 valence electrons. The van der Waals surface area contributed by atoms with Crippen LogP contribution in [0.5, 0.6) is 0 Å². The highest BCUT2D eigenvalue weighted by molar-refractivity contribution is 6.25. The Kier molecular flexibility index (Phi) is 3.79. The second kappa shape index (κ2) is 6.39. The van der Waals surface area contributed by atoms with Crippen LogP contribution in [0.15, 0.2) is 72.8 Å². The molecule has 1 saturated heterocycles. The van der Waals surface area contributed by atoms with Crippen LogP contribution in [-0.4, -0.2) is 17.8 Å². The van der Waals surface area contributed by atoms with Crippen LogP contribution in [0.3, 0.4) is 0 Å². The monoisotopic (exact) mass is 422 g/mol. The van der Waals surface area contributed by atoms with E-state index in [0.717, 1.165) is 23.1 Å². The van der Waals surface area contributed by atoms with Crippen LogP contribution in [0.25, 0.3) is 0 Å². The van der Waals surface area contributed by atoms with E-state index in [9.17, 15) is 19.5 Å². The predicted octanol–water partition coefficient (Wildman–Crippen LogP) is 2.55. The topological polar surface area (TPSA) is 77.5 Å². The SMILES string of the molecule is CCc1ccc(N2C(=O)C3C4c5ccccc5C(C(=O)[O-])(c5ccccc54)C3C2=O)cc1. The van der Waals surface area contributed by atoms with Crippen molar-refractivity contribution < 1.29 is 19.5 Å². The first kappa shape index (κ1) is 19.0. The van der Waals surface area contributed by atoms with E-state index in [1.807, 2.05) is 43.3 Å². The molecule has 7 rings (SSSR count). The van der Waals surface area contributed by atoms with Crippen LogP contribution < -0.4 is 10.0 Å². The van der Waals surface area contributed by atoms with E-state index in [4.69, 9.17) is 0 Å². The Labute approximate surface area is 185 Å². The Morgan fingerprint density at radius 1 is 0.875 bits per heavy atom. The normalized spacial score (nSPS) is 27.2. The minimum absolute atomic E-state index is 0.344. The lowest BCUT2D eigenvalue weighted by molar-refractivity contribution is -0.314. The van der Waals surface area contributed by atoms with Crippen molar-refractivity contribution in [2.45, 2.75) is 24.7 Å². The van der Waals surface area contributed by atoms with Crippen molar-refractivity contribution in [3.05, 3.63) is 101 Å². The van der Waals surface area contributed by atoms with E-state index in [1.54, 1.807) is 36.4 Å². The Morgan fingerprint density at radius 3 is 1.97 bits per heavy atom. The number of carboxylic acid groups (broad SMARTS) is 1. The van der Waals surface area contributed by atoms with Crippen molar-refractivity contribution in [1.29, 1.82) is 0 Å². The summed E-state index contributed by atoms with van der Waals surface area (Å²) < 4.78 is 0. The number of imide groups is 1. The van der Waals surface area contributed by atoms with Crippen LogP contribution >= 0.6 is 0 Å². The molecule has 5 nitrogen and oxygen atoms in total. The van der Waals surface area contributed by atoms with Crippen LogP contribution in [0, 0.1) is 11.8 Å². The van der Waals surface area contributed by atoms with Crippen LogP contribution in [0.2, 0.25) is 0 Å². The first-order chi connectivity index (χ1) is 15.5. The van der Waals surface area contributed by atoms with E-state index in [0.29, 0.717) is 16.8 Å². The molecule has 0 radical (unpaired) electrons. The van der Waals surface area contributed by atoms with Gasteiger partial charge in [-0.2, -0.15) is 0 Å². The average molecular weight is 422 g/mol. The Hall–Kier alpha value is -3.73. The number of carboxylic acids is 1. The molecule has 3 aliphatic carbocycles.